The highest BCUT2D eigenvalue weighted by atomic mass is 19.1. The molecule has 4 heterocycles. The van der Waals surface area contributed by atoms with Gasteiger partial charge in [-0.05, 0) is 67.2 Å². The summed E-state index contributed by atoms with van der Waals surface area (Å²) in [6.07, 6.45) is 6.18. The fourth-order valence-corrected chi connectivity index (χ4v) is 6.16. The number of piperidine rings is 1. The van der Waals surface area contributed by atoms with Gasteiger partial charge in [0.05, 0.1) is 37.3 Å². The predicted octanol–water partition coefficient (Wildman–Crippen LogP) is 4.40. The Hall–Kier alpha value is -3.86. The second kappa shape index (κ2) is 11.4. The number of fused-ring (bicyclic) bond motifs is 2. The molecule has 3 aliphatic rings. The molecular weight excluding hydrogens is 535 g/mol. The summed E-state index contributed by atoms with van der Waals surface area (Å²) in [5, 5.41) is 16.0. The minimum atomic E-state index is -0.471. The number of aliphatic hydroxyl groups is 1. The fourth-order valence-electron chi connectivity index (χ4n) is 6.16. The van der Waals surface area contributed by atoms with Crippen LogP contribution >= 0.6 is 0 Å². The van der Waals surface area contributed by atoms with Gasteiger partial charge in [-0.15, -0.1) is 0 Å². The van der Waals surface area contributed by atoms with Crippen LogP contribution in [0.1, 0.15) is 51.3 Å². The Bertz CT molecular complexity index is 1430. The summed E-state index contributed by atoms with van der Waals surface area (Å²) >= 11 is 0. The number of carbonyl (C=O) groups excluding carboxylic acids is 1. The molecule has 1 saturated carbocycles. The van der Waals surface area contributed by atoms with E-state index in [4.69, 9.17) is 9.97 Å². The highest BCUT2D eigenvalue weighted by Crippen LogP contribution is 2.51. The number of aliphatic hydroxyl groups excluding tert-OH is 1. The SMILES string of the molecule is CC(C)(C)CCCNC(=O)Nc1ccc(-c2nc3c(c(N4CC5CC5C4CO)n2)CCN(c2ncc(F)cn2)C3)cc1. The van der Waals surface area contributed by atoms with Crippen LogP contribution in [0.5, 0.6) is 0 Å². The normalized spacial score (nSPS) is 21.1. The molecule has 2 aliphatic heterocycles. The average Bonchev–Trinajstić information content (AvgIpc) is 3.64. The molecular formula is C31H39FN8O2. The molecule has 0 spiro atoms. The van der Waals surface area contributed by atoms with Crippen LogP contribution in [0.25, 0.3) is 11.4 Å². The van der Waals surface area contributed by atoms with E-state index in [1.165, 1.54) is 12.4 Å². The van der Waals surface area contributed by atoms with E-state index in [1.54, 1.807) is 0 Å². The molecule has 0 radical (unpaired) electrons. The van der Waals surface area contributed by atoms with Crippen molar-refractivity contribution in [1.82, 2.24) is 25.3 Å². The van der Waals surface area contributed by atoms with Gasteiger partial charge in [0.2, 0.25) is 5.95 Å². The number of halogens is 1. The monoisotopic (exact) mass is 574 g/mol. The molecule has 0 bridgehead atoms. The number of hydrogen-bond donors (Lipinski definition) is 3. The maximum absolute atomic E-state index is 13.5. The van der Waals surface area contributed by atoms with Crippen molar-refractivity contribution in [2.45, 2.75) is 59.0 Å². The van der Waals surface area contributed by atoms with Crippen molar-refractivity contribution in [3.05, 3.63) is 53.7 Å². The summed E-state index contributed by atoms with van der Waals surface area (Å²) in [6.45, 7) is 9.33. The molecule has 2 fully saturated rings. The first-order valence-corrected chi connectivity index (χ1v) is 14.8. The number of aromatic nitrogens is 4. The van der Waals surface area contributed by atoms with E-state index in [2.05, 4.69) is 46.3 Å². The van der Waals surface area contributed by atoms with Crippen molar-refractivity contribution in [2.75, 3.05) is 41.4 Å². The van der Waals surface area contributed by atoms with Gasteiger partial charge < -0.3 is 25.5 Å². The van der Waals surface area contributed by atoms with Crippen molar-refractivity contribution < 1.29 is 14.3 Å². The summed E-state index contributed by atoms with van der Waals surface area (Å²) in [4.78, 5) is 35.1. The molecule has 10 nitrogen and oxygen atoms in total. The quantitative estimate of drug-likeness (QED) is 0.339. The number of carbonyl (C=O) groups is 1. The predicted molar refractivity (Wildman–Crippen MR) is 160 cm³/mol. The molecule has 1 aliphatic carbocycles. The first-order valence-electron chi connectivity index (χ1n) is 14.8. The van der Waals surface area contributed by atoms with Gasteiger partial charge in [-0.3, -0.25) is 0 Å². The molecule has 1 aromatic carbocycles. The van der Waals surface area contributed by atoms with Crippen molar-refractivity contribution in [1.29, 1.82) is 0 Å². The smallest absolute Gasteiger partial charge is 0.319 e. The van der Waals surface area contributed by atoms with Crippen LogP contribution < -0.4 is 20.4 Å². The zero-order chi connectivity index (χ0) is 29.4. The summed E-state index contributed by atoms with van der Waals surface area (Å²) in [5.41, 5.74) is 3.72. The summed E-state index contributed by atoms with van der Waals surface area (Å²) in [5.74, 6) is 2.59. The second-order valence-electron chi connectivity index (χ2n) is 12.9. The lowest BCUT2D eigenvalue weighted by Crippen LogP contribution is -2.39. The third-order valence-electron chi connectivity index (χ3n) is 8.49. The van der Waals surface area contributed by atoms with E-state index >= 15 is 0 Å². The van der Waals surface area contributed by atoms with E-state index in [-0.39, 0.29) is 24.1 Å². The number of nitrogens with one attached hydrogen (secondary N) is 2. The molecule has 3 unspecified atom stereocenters. The molecule has 11 heteroatoms. The van der Waals surface area contributed by atoms with Gasteiger partial charge in [0.1, 0.15) is 5.82 Å². The second-order valence-corrected chi connectivity index (χ2v) is 12.9. The Balaban J connectivity index is 1.22. The highest BCUT2D eigenvalue weighted by Gasteiger charge is 2.53. The van der Waals surface area contributed by atoms with Crippen LogP contribution in [0, 0.1) is 23.1 Å². The van der Waals surface area contributed by atoms with Gasteiger partial charge in [0.25, 0.3) is 0 Å². The van der Waals surface area contributed by atoms with E-state index in [9.17, 15) is 14.3 Å². The molecule has 1 saturated heterocycles. The summed E-state index contributed by atoms with van der Waals surface area (Å²) in [7, 11) is 0. The lowest BCUT2D eigenvalue weighted by molar-refractivity contribution is 0.251. The number of rotatable bonds is 8. The lowest BCUT2D eigenvalue weighted by Gasteiger charge is -2.34. The third-order valence-corrected chi connectivity index (χ3v) is 8.49. The lowest BCUT2D eigenvalue weighted by atomic mass is 9.91. The number of urea groups is 1. The maximum atomic E-state index is 13.5. The molecule has 3 atom stereocenters. The molecule has 3 N–H and O–H groups in total. The third kappa shape index (κ3) is 6.16. The zero-order valence-electron chi connectivity index (χ0n) is 24.5. The number of benzene rings is 1. The van der Waals surface area contributed by atoms with Crippen LogP contribution in [0.15, 0.2) is 36.7 Å². The van der Waals surface area contributed by atoms with E-state index < -0.39 is 5.82 Å². The zero-order valence-corrected chi connectivity index (χ0v) is 24.5. The Morgan fingerprint density at radius 1 is 1.14 bits per heavy atom. The average molecular weight is 575 g/mol. The topological polar surface area (TPSA) is 119 Å². The largest absolute Gasteiger partial charge is 0.394 e. The van der Waals surface area contributed by atoms with Gasteiger partial charge in [-0.2, -0.15) is 0 Å². The number of nitrogens with zero attached hydrogens (tertiary/aromatic N) is 6. The Kier molecular flexibility index (Phi) is 7.69. The minimum absolute atomic E-state index is 0.0637. The Labute approximate surface area is 245 Å². The maximum Gasteiger partial charge on any atom is 0.319 e. The summed E-state index contributed by atoms with van der Waals surface area (Å²) < 4.78 is 13.5. The summed E-state index contributed by atoms with van der Waals surface area (Å²) in [6, 6.07) is 7.37. The standard InChI is InChI=1S/C31H39FN8O2/c1-31(2,3)10-4-11-33-30(42)36-22-7-5-19(6-8-22)27-37-25-17-39(29-34-14-21(32)15-35-29)12-9-23(25)28(38-27)40-16-20-13-24(20)26(40)18-41/h5-8,14-15,20,24,26,41H,4,9-13,16-18H2,1-3H3,(H2,33,36,42). The van der Waals surface area contributed by atoms with Crippen LogP contribution in [-0.2, 0) is 13.0 Å². The first-order chi connectivity index (χ1) is 20.2. The van der Waals surface area contributed by atoms with Gasteiger partial charge in [0, 0.05) is 36.4 Å². The first kappa shape index (κ1) is 28.3. The molecule has 2 aromatic heterocycles. The Morgan fingerprint density at radius 2 is 1.90 bits per heavy atom. The van der Waals surface area contributed by atoms with E-state index in [1.807, 2.05) is 29.2 Å². The van der Waals surface area contributed by atoms with Crippen molar-refractivity contribution in [3.63, 3.8) is 0 Å². The van der Waals surface area contributed by atoms with Gasteiger partial charge >= 0.3 is 6.03 Å². The number of hydrogen-bond acceptors (Lipinski definition) is 8. The van der Waals surface area contributed by atoms with Crippen molar-refractivity contribution in [2.24, 2.45) is 17.3 Å². The van der Waals surface area contributed by atoms with Crippen LogP contribution in [0.3, 0.4) is 0 Å². The van der Waals surface area contributed by atoms with Crippen LogP contribution in [-0.4, -0.2) is 63.4 Å². The fraction of sp³-hybridized carbons (Fsp3) is 0.516. The van der Waals surface area contributed by atoms with Gasteiger partial charge in [-0.25, -0.2) is 29.1 Å². The number of anilines is 3. The van der Waals surface area contributed by atoms with Crippen LogP contribution in [0.2, 0.25) is 0 Å². The molecule has 3 aromatic rings. The molecule has 42 heavy (non-hydrogen) atoms. The van der Waals surface area contributed by atoms with Gasteiger partial charge in [-0.1, -0.05) is 20.8 Å². The van der Waals surface area contributed by atoms with Gasteiger partial charge in [0.15, 0.2) is 11.6 Å². The van der Waals surface area contributed by atoms with Crippen LogP contribution in [0.4, 0.5) is 26.6 Å². The molecule has 2 amide bonds. The number of amides is 2. The molecule has 222 valence electrons. The highest BCUT2D eigenvalue weighted by molar-refractivity contribution is 5.89. The molecule has 6 rings (SSSR count). The van der Waals surface area contributed by atoms with E-state index in [0.29, 0.717) is 55.4 Å². The van der Waals surface area contributed by atoms with Crippen molar-refractivity contribution in [3.8, 4) is 11.4 Å². The van der Waals surface area contributed by atoms with Crippen molar-refractivity contribution >= 4 is 23.5 Å². The van der Waals surface area contributed by atoms with E-state index in [0.717, 1.165) is 48.4 Å². The minimum Gasteiger partial charge on any atom is -0.394 e. The Morgan fingerprint density at radius 3 is 2.62 bits per heavy atom.